The Bertz CT molecular complexity index is 566. The second kappa shape index (κ2) is 6.71. The van der Waals surface area contributed by atoms with Crippen LogP contribution >= 0.6 is 0 Å². The van der Waals surface area contributed by atoms with Crippen molar-refractivity contribution in [3.8, 4) is 0 Å². The molecule has 0 aliphatic rings. The van der Waals surface area contributed by atoms with E-state index in [9.17, 15) is 8.42 Å². The number of imidazole rings is 1. The first kappa shape index (κ1) is 16.4. The molecule has 0 saturated carbocycles. The van der Waals surface area contributed by atoms with Crippen LogP contribution in [0.4, 0.5) is 0 Å². The monoisotopic (exact) mass is 303 g/mol. The number of hydrogen-bond acceptors (Lipinski definition) is 5. The zero-order valence-electron chi connectivity index (χ0n) is 11.9. The number of oxime groups is 1. The summed E-state index contributed by atoms with van der Waals surface area (Å²) >= 11 is 0. The molecule has 0 aliphatic heterocycles. The largest absolute Gasteiger partial charge is 0.409 e. The Morgan fingerprint density at radius 1 is 1.60 bits per heavy atom. The van der Waals surface area contributed by atoms with Crippen LogP contribution in [-0.2, 0) is 16.6 Å². The highest BCUT2D eigenvalue weighted by molar-refractivity contribution is 7.89. The molecule has 0 bridgehead atoms. The number of aryl methyl sites for hydroxylation is 1. The molecule has 9 heteroatoms. The van der Waals surface area contributed by atoms with Crippen LogP contribution < -0.4 is 5.73 Å². The Kier molecular flexibility index (Phi) is 5.52. The summed E-state index contributed by atoms with van der Waals surface area (Å²) < 4.78 is 27.8. The Morgan fingerprint density at radius 3 is 2.70 bits per heavy atom. The molecule has 3 N–H and O–H groups in total. The summed E-state index contributed by atoms with van der Waals surface area (Å²) in [5, 5.41) is 11.5. The summed E-state index contributed by atoms with van der Waals surface area (Å²) in [6, 6.07) is 0. The van der Waals surface area contributed by atoms with Gasteiger partial charge < -0.3 is 15.5 Å². The normalized spacial score (nSPS) is 14.7. The van der Waals surface area contributed by atoms with E-state index in [1.165, 1.54) is 16.8 Å². The molecule has 1 aromatic rings. The number of sulfonamides is 1. The van der Waals surface area contributed by atoms with Gasteiger partial charge in [0.1, 0.15) is 5.84 Å². The third-order valence-electron chi connectivity index (χ3n) is 3.03. The van der Waals surface area contributed by atoms with Crippen LogP contribution in [0.15, 0.2) is 22.7 Å². The summed E-state index contributed by atoms with van der Waals surface area (Å²) in [7, 11) is -3.67. The topological polar surface area (TPSA) is 114 Å². The Balaban J connectivity index is 2.98. The van der Waals surface area contributed by atoms with Crippen molar-refractivity contribution in [2.24, 2.45) is 16.8 Å². The molecule has 0 saturated heterocycles. The summed E-state index contributed by atoms with van der Waals surface area (Å²) in [4.78, 5) is 3.92. The highest BCUT2D eigenvalue weighted by Crippen LogP contribution is 2.15. The summed E-state index contributed by atoms with van der Waals surface area (Å²) in [6.07, 6.45) is 2.97. The van der Waals surface area contributed by atoms with Crippen molar-refractivity contribution in [3.63, 3.8) is 0 Å². The van der Waals surface area contributed by atoms with Crippen LogP contribution in [0.2, 0.25) is 0 Å². The molecule has 1 rings (SSSR count). The van der Waals surface area contributed by atoms with E-state index in [2.05, 4.69) is 10.1 Å². The van der Waals surface area contributed by atoms with E-state index >= 15 is 0 Å². The molecule has 114 valence electrons. The molecule has 0 amide bonds. The fourth-order valence-corrected chi connectivity index (χ4v) is 3.15. The maximum absolute atomic E-state index is 12.4. The van der Waals surface area contributed by atoms with Gasteiger partial charge in [-0.1, -0.05) is 19.0 Å². The Morgan fingerprint density at radius 2 is 2.25 bits per heavy atom. The van der Waals surface area contributed by atoms with E-state index in [1.807, 2.05) is 6.92 Å². The first-order chi connectivity index (χ1) is 9.36. The number of nitrogens with zero attached hydrogens (tertiary/aromatic N) is 4. The van der Waals surface area contributed by atoms with Gasteiger partial charge in [-0.05, 0) is 6.92 Å². The molecule has 1 heterocycles. The Hall–Kier alpha value is -1.61. The zero-order valence-corrected chi connectivity index (χ0v) is 12.7. The first-order valence-electron chi connectivity index (χ1n) is 6.36. The van der Waals surface area contributed by atoms with Crippen molar-refractivity contribution in [3.05, 3.63) is 12.5 Å². The van der Waals surface area contributed by atoms with Crippen LogP contribution in [0.5, 0.6) is 0 Å². The summed E-state index contributed by atoms with van der Waals surface area (Å²) in [5.74, 6) is -0.388. The Labute approximate surface area is 118 Å². The average Bonchev–Trinajstić information content (AvgIpc) is 2.92. The molecule has 0 spiro atoms. The predicted octanol–water partition coefficient (Wildman–Crippen LogP) is 0.296. The van der Waals surface area contributed by atoms with Crippen LogP contribution in [0.25, 0.3) is 0 Å². The molecule has 0 aromatic carbocycles. The van der Waals surface area contributed by atoms with Gasteiger partial charge in [-0.15, -0.1) is 0 Å². The third kappa shape index (κ3) is 3.48. The van der Waals surface area contributed by atoms with E-state index in [0.717, 1.165) is 0 Å². The summed E-state index contributed by atoms with van der Waals surface area (Å²) in [5.41, 5.74) is 5.49. The van der Waals surface area contributed by atoms with Gasteiger partial charge in [-0.3, -0.25) is 0 Å². The average molecular weight is 303 g/mol. The minimum Gasteiger partial charge on any atom is -0.409 e. The lowest BCUT2D eigenvalue weighted by Crippen LogP contribution is -2.38. The van der Waals surface area contributed by atoms with E-state index in [0.29, 0.717) is 6.54 Å². The van der Waals surface area contributed by atoms with Crippen molar-refractivity contribution in [2.75, 3.05) is 13.1 Å². The smallest absolute Gasteiger partial charge is 0.262 e. The minimum absolute atomic E-state index is 0.00209. The summed E-state index contributed by atoms with van der Waals surface area (Å²) in [6.45, 7) is 6.38. The van der Waals surface area contributed by atoms with Crippen LogP contribution in [0.3, 0.4) is 0 Å². The van der Waals surface area contributed by atoms with Crippen LogP contribution in [-0.4, -0.2) is 46.4 Å². The quantitative estimate of drug-likeness (QED) is 0.325. The van der Waals surface area contributed by atoms with E-state index in [1.54, 1.807) is 18.4 Å². The fraction of sp³-hybridized carbons (Fsp3) is 0.636. The molecule has 1 unspecified atom stereocenters. The van der Waals surface area contributed by atoms with Gasteiger partial charge in [-0.2, -0.15) is 4.31 Å². The van der Waals surface area contributed by atoms with Gasteiger partial charge in [0.05, 0.1) is 6.33 Å². The van der Waals surface area contributed by atoms with Crippen molar-refractivity contribution >= 4 is 15.9 Å². The third-order valence-corrected chi connectivity index (χ3v) is 4.86. The number of amidine groups is 1. The van der Waals surface area contributed by atoms with Gasteiger partial charge in [0.25, 0.3) is 10.0 Å². The molecule has 20 heavy (non-hydrogen) atoms. The van der Waals surface area contributed by atoms with Gasteiger partial charge in [0.2, 0.25) is 0 Å². The van der Waals surface area contributed by atoms with Crippen molar-refractivity contribution < 1.29 is 13.6 Å². The van der Waals surface area contributed by atoms with Gasteiger partial charge in [0, 0.05) is 31.7 Å². The lowest BCUT2D eigenvalue weighted by molar-refractivity contribution is 0.311. The molecular formula is C11H21N5O3S. The standard InChI is InChI=1S/C11H21N5O3S/c1-4-15-7-10(13-8-15)20(18,19)16(5-2)6-9(3)11(12)14-17/h7-9,17H,4-6H2,1-3H3,(H2,12,14). The van der Waals surface area contributed by atoms with Crippen molar-refractivity contribution in [1.82, 2.24) is 13.9 Å². The SMILES string of the molecule is CCN(CC(C)C(N)=NO)S(=O)(=O)c1cn(CC)cn1. The molecular weight excluding hydrogens is 282 g/mol. The number of nitrogens with two attached hydrogens (primary N) is 1. The molecule has 1 atom stereocenters. The lowest BCUT2D eigenvalue weighted by Gasteiger charge is -2.22. The molecule has 0 radical (unpaired) electrons. The highest BCUT2D eigenvalue weighted by atomic mass is 32.2. The van der Waals surface area contributed by atoms with E-state index < -0.39 is 10.0 Å². The lowest BCUT2D eigenvalue weighted by atomic mass is 10.1. The van der Waals surface area contributed by atoms with Gasteiger partial charge >= 0.3 is 0 Å². The van der Waals surface area contributed by atoms with E-state index in [-0.39, 0.29) is 29.9 Å². The van der Waals surface area contributed by atoms with Crippen molar-refractivity contribution in [1.29, 1.82) is 0 Å². The second-order valence-electron chi connectivity index (χ2n) is 4.42. The van der Waals surface area contributed by atoms with E-state index in [4.69, 9.17) is 10.9 Å². The first-order valence-corrected chi connectivity index (χ1v) is 7.80. The van der Waals surface area contributed by atoms with Crippen molar-refractivity contribution in [2.45, 2.75) is 32.3 Å². The minimum atomic E-state index is -3.67. The molecule has 0 aliphatic carbocycles. The molecule has 8 nitrogen and oxygen atoms in total. The fourth-order valence-electron chi connectivity index (χ4n) is 1.67. The maximum Gasteiger partial charge on any atom is 0.262 e. The molecule has 1 aromatic heterocycles. The predicted molar refractivity (Wildman–Crippen MR) is 74.9 cm³/mol. The van der Waals surface area contributed by atoms with Crippen LogP contribution in [0.1, 0.15) is 20.8 Å². The highest BCUT2D eigenvalue weighted by Gasteiger charge is 2.27. The number of aromatic nitrogens is 2. The van der Waals surface area contributed by atoms with Crippen LogP contribution in [0, 0.1) is 5.92 Å². The second-order valence-corrected chi connectivity index (χ2v) is 6.31. The maximum atomic E-state index is 12.4. The van der Waals surface area contributed by atoms with Gasteiger partial charge in [0.15, 0.2) is 5.03 Å². The van der Waals surface area contributed by atoms with Gasteiger partial charge in [-0.25, -0.2) is 13.4 Å². The zero-order chi connectivity index (χ0) is 15.3. The number of hydrogen-bond donors (Lipinski definition) is 2. The molecule has 0 fully saturated rings. The number of rotatable bonds is 7.